The van der Waals surface area contributed by atoms with Crippen LogP contribution >= 0.6 is 0 Å². The molecule has 64 heavy (non-hydrogen) atoms. The molecule has 0 N–H and O–H groups in total. The summed E-state index contributed by atoms with van der Waals surface area (Å²) in [6.07, 6.45) is 0. The van der Waals surface area contributed by atoms with E-state index in [4.69, 9.17) is 4.42 Å². The summed E-state index contributed by atoms with van der Waals surface area (Å²) in [5.74, 6) is 0. The Hall–Kier alpha value is -8.20. The Morgan fingerprint density at radius 2 is 0.875 bits per heavy atom. The molecule has 298 valence electrons. The normalized spacial score (nSPS) is 13.2. The van der Waals surface area contributed by atoms with Crippen molar-refractivity contribution in [2.75, 3.05) is 4.90 Å². The molecule has 12 aromatic rings. The summed E-state index contributed by atoms with van der Waals surface area (Å²) in [7, 11) is 0. The summed E-state index contributed by atoms with van der Waals surface area (Å²) < 4.78 is 6.57. The predicted octanol–water partition coefficient (Wildman–Crippen LogP) is 16.8. The van der Waals surface area contributed by atoms with Gasteiger partial charge in [-0.15, -0.1) is 0 Å². The SMILES string of the molecule is Cc1cc(-c2cccc3c2oc2ccccc23)ccc1N(c1ccc2c3ccccc3c3ccccc3c2c1)c1cccc2c1-c1ccccc1C21c2ccccc2-c2ccccc21. The minimum Gasteiger partial charge on any atom is -0.455 e. The van der Waals surface area contributed by atoms with Crippen LogP contribution in [0.3, 0.4) is 0 Å². The van der Waals surface area contributed by atoms with Crippen LogP contribution in [0.5, 0.6) is 0 Å². The van der Waals surface area contributed by atoms with Gasteiger partial charge in [0, 0.05) is 33.3 Å². The molecule has 0 saturated heterocycles. The maximum atomic E-state index is 6.57. The van der Waals surface area contributed by atoms with Crippen molar-refractivity contribution in [1.29, 1.82) is 0 Å². The Kier molecular flexibility index (Phi) is 7.28. The second-order valence-corrected chi connectivity index (χ2v) is 17.5. The summed E-state index contributed by atoms with van der Waals surface area (Å²) in [6.45, 7) is 2.26. The minimum absolute atomic E-state index is 0.455. The van der Waals surface area contributed by atoms with E-state index in [1.54, 1.807) is 0 Å². The van der Waals surface area contributed by atoms with Crippen LogP contribution in [0.4, 0.5) is 17.1 Å². The van der Waals surface area contributed by atoms with Crippen LogP contribution in [0.25, 0.3) is 87.6 Å². The van der Waals surface area contributed by atoms with Gasteiger partial charge in [0.25, 0.3) is 0 Å². The number of hydrogen-bond donors (Lipinski definition) is 0. The topological polar surface area (TPSA) is 16.4 Å². The smallest absolute Gasteiger partial charge is 0.143 e. The number of fused-ring (bicyclic) bond motifs is 19. The zero-order valence-corrected chi connectivity index (χ0v) is 35.1. The van der Waals surface area contributed by atoms with Crippen molar-refractivity contribution in [3.63, 3.8) is 0 Å². The van der Waals surface area contributed by atoms with Crippen LogP contribution in [0.2, 0.25) is 0 Å². The van der Waals surface area contributed by atoms with Gasteiger partial charge in [-0.05, 0) is 126 Å². The van der Waals surface area contributed by atoms with Gasteiger partial charge >= 0.3 is 0 Å². The van der Waals surface area contributed by atoms with Crippen molar-refractivity contribution >= 4 is 71.3 Å². The summed E-state index contributed by atoms with van der Waals surface area (Å²) in [6, 6.07) is 80.9. The fourth-order valence-corrected chi connectivity index (χ4v) is 11.8. The summed E-state index contributed by atoms with van der Waals surface area (Å²) in [5, 5.41) is 9.84. The van der Waals surface area contributed by atoms with Crippen LogP contribution < -0.4 is 4.90 Å². The van der Waals surface area contributed by atoms with Crippen molar-refractivity contribution in [2.24, 2.45) is 0 Å². The van der Waals surface area contributed by atoms with Crippen LogP contribution in [0.15, 0.2) is 223 Å². The van der Waals surface area contributed by atoms with Crippen molar-refractivity contribution < 1.29 is 4.42 Å². The molecule has 1 spiro atoms. The maximum Gasteiger partial charge on any atom is 0.143 e. The zero-order valence-electron chi connectivity index (χ0n) is 35.1. The van der Waals surface area contributed by atoms with Crippen LogP contribution in [-0.4, -0.2) is 0 Å². The fraction of sp³-hybridized carbons (Fsp3) is 0.0323. The highest BCUT2D eigenvalue weighted by molar-refractivity contribution is 6.26. The highest BCUT2D eigenvalue weighted by Gasteiger charge is 2.52. The van der Waals surface area contributed by atoms with Crippen molar-refractivity contribution in [1.82, 2.24) is 0 Å². The molecule has 0 aliphatic heterocycles. The molecule has 2 aliphatic carbocycles. The first kappa shape index (κ1) is 35.4. The average Bonchev–Trinajstić information content (AvgIpc) is 3.99. The van der Waals surface area contributed by atoms with Crippen LogP contribution in [-0.2, 0) is 5.41 Å². The quantitative estimate of drug-likeness (QED) is 0.165. The van der Waals surface area contributed by atoms with E-state index >= 15 is 0 Å². The molecule has 2 heteroatoms. The predicted molar refractivity (Wildman–Crippen MR) is 267 cm³/mol. The molecule has 1 heterocycles. The first-order chi connectivity index (χ1) is 31.7. The van der Waals surface area contributed by atoms with Gasteiger partial charge in [-0.25, -0.2) is 0 Å². The monoisotopic (exact) mass is 813 g/mol. The number of aryl methyl sites for hydroxylation is 1. The molecule has 0 bridgehead atoms. The first-order valence-electron chi connectivity index (χ1n) is 22.3. The van der Waals surface area contributed by atoms with Gasteiger partial charge in [0.05, 0.1) is 11.1 Å². The zero-order chi connectivity index (χ0) is 42.1. The van der Waals surface area contributed by atoms with E-state index in [-0.39, 0.29) is 0 Å². The minimum atomic E-state index is -0.455. The van der Waals surface area contributed by atoms with Crippen molar-refractivity contribution in [3.05, 3.63) is 246 Å². The Morgan fingerprint density at radius 3 is 1.56 bits per heavy atom. The maximum absolute atomic E-state index is 6.57. The first-order valence-corrected chi connectivity index (χ1v) is 22.3. The van der Waals surface area contributed by atoms with E-state index < -0.39 is 5.41 Å². The number of rotatable bonds is 4. The molecule has 0 amide bonds. The third-order valence-corrected chi connectivity index (χ3v) is 14.4. The van der Waals surface area contributed by atoms with E-state index in [0.717, 1.165) is 50.1 Å². The molecular formula is C62H39NO. The number of anilines is 3. The summed E-state index contributed by atoms with van der Waals surface area (Å²) in [5.41, 5.74) is 18.6. The summed E-state index contributed by atoms with van der Waals surface area (Å²) >= 11 is 0. The molecule has 0 unspecified atom stereocenters. The van der Waals surface area contributed by atoms with E-state index in [9.17, 15) is 0 Å². The van der Waals surface area contributed by atoms with Gasteiger partial charge in [0.2, 0.25) is 0 Å². The number of hydrogen-bond acceptors (Lipinski definition) is 2. The van der Waals surface area contributed by atoms with Crippen LogP contribution in [0, 0.1) is 6.92 Å². The molecule has 1 aromatic heterocycles. The van der Waals surface area contributed by atoms with Gasteiger partial charge in [-0.2, -0.15) is 0 Å². The highest BCUT2D eigenvalue weighted by Crippen LogP contribution is 2.64. The molecular weight excluding hydrogens is 775 g/mol. The van der Waals surface area contributed by atoms with E-state index in [1.165, 1.54) is 82.4 Å². The third kappa shape index (κ3) is 4.64. The molecule has 11 aromatic carbocycles. The van der Waals surface area contributed by atoms with Gasteiger partial charge in [-0.3, -0.25) is 0 Å². The Bertz CT molecular complexity index is 3860. The van der Waals surface area contributed by atoms with E-state index in [0.29, 0.717) is 0 Å². The number of benzene rings is 11. The standard InChI is InChI=1S/C62H39NO/c1-38-36-39(41-24-14-25-50-49-22-9-13-31-59(49)64-61(41)50)32-35-57(38)63(40-33-34-46-44-18-3-2-16-42(44)43-17-4-5-19-45(43)52(46)37-40)58-30-15-29-56-60(58)51-23-8-12-28-55(51)62(56)53-26-10-6-20-47(53)48-21-7-11-27-54(48)62/h2-37H,1H3. The number of nitrogens with zero attached hydrogens (tertiary/aromatic N) is 1. The van der Waals surface area contributed by atoms with E-state index in [1.807, 2.05) is 6.07 Å². The molecule has 0 atom stereocenters. The van der Waals surface area contributed by atoms with Gasteiger partial charge in [-0.1, -0.05) is 182 Å². The highest BCUT2D eigenvalue weighted by atomic mass is 16.3. The molecule has 14 rings (SSSR count). The van der Waals surface area contributed by atoms with Gasteiger partial charge in [0.1, 0.15) is 11.2 Å². The summed E-state index contributed by atoms with van der Waals surface area (Å²) in [4.78, 5) is 2.53. The number of furan rings is 1. The van der Waals surface area contributed by atoms with Crippen molar-refractivity contribution in [2.45, 2.75) is 12.3 Å². The van der Waals surface area contributed by atoms with E-state index in [2.05, 4.69) is 224 Å². The van der Waals surface area contributed by atoms with Gasteiger partial charge < -0.3 is 9.32 Å². The number of para-hydroxylation sites is 2. The molecule has 0 radical (unpaired) electrons. The lowest BCUT2D eigenvalue weighted by Gasteiger charge is -2.32. The average molecular weight is 814 g/mol. The molecule has 0 fully saturated rings. The van der Waals surface area contributed by atoms with Gasteiger partial charge in [0.15, 0.2) is 0 Å². The fourth-order valence-electron chi connectivity index (χ4n) is 11.8. The second kappa shape index (κ2) is 13.2. The third-order valence-electron chi connectivity index (χ3n) is 14.4. The Balaban J connectivity index is 1.05. The lowest BCUT2D eigenvalue weighted by atomic mass is 9.70. The lowest BCUT2D eigenvalue weighted by Crippen LogP contribution is -2.26. The lowest BCUT2D eigenvalue weighted by molar-refractivity contribution is 0.670. The molecule has 2 aliphatic rings. The van der Waals surface area contributed by atoms with Crippen LogP contribution in [0.1, 0.15) is 27.8 Å². The Labute approximate surface area is 370 Å². The van der Waals surface area contributed by atoms with Crippen molar-refractivity contribution in [3.8, 4) is 33.4 Å². The molecule has 2 nitrogen and oxygen atoms in total. The largest absolute Gasteiger partial charge is 0.455 e. The molecule has 0 saturated carbocycles. The second-order valence-electron chi connectivity index (χ2n) is 17.5. The Morgan fingerprint density at radius 1 is 0.359 bits per heavy atom.